The van der Waals surface area contributed by atoms with Gasteiger partial charge in [-0.05, 0) is 29.7 Å². The summed E-state index contributed by atoms with van der Waals surface area (Å²) >= 11 is 0. The van der Waals surface area contributed by atoms with E-state index in [0.29, 0.717) is 12.3 Å². The topological polar surface area (TPSA) is 84.9 Å². The molecule has 0 fully saturated rings. The Labute approximate surface area is 152 Å². The molecular weight excluding hydrogens is 334 g/mol. The summed E-state index contributed by atoms with van der Waals surface area (Å²) < 4.78 is 10.4. The van der Waals surface area contributed by atoms with Gasteiger partial charge in [0.1, 0.15) is 5.75 Å². The molecule has 0 heterocycles. The number of carbonyl (C=O) groups excluding carboxylic acids is 1. The van der Waals surface area contributed by atoms with Crippen LogP contribution >= 0.6 is 0 Å². The molecule has 2 N–H and O–H groups in total. The first kappa shape index (κ1) is 19.5. The lowest BCUT2D eigenvalue weighted by molar-refractivity contribution is -0.148. The molecular formula is C20H23NO5. The fourth-order valence-corrected chi connectivity index (χ4v) is 2.40. The first-order valence-corrected chi connectivity index (χ1v) is 8.36. The Morgan fingerprint density at radius 3 is 2.35 bits per heavy atom. The zero-order valence-corrected chi connectivity index (χ0v) is 14.7. The number of amides is 1. The largest absolute Gasteiger partial charge is 0.484 e. The molecule has 0 saturated carbocycles. The number of aliphatic carboxylic acids is 1. The second kappa shape index (κ2) is 10.2. The molecule has 6 heteroatoms. The van der Waals surface area contributed by atoms with Crippen molar-refractivity contribution < 1.29 is 24.2 Å². The van der Waals surface area contributed by atoms with Crippen LogP contribution in [0.1, 0.15) is 11.1 Å². The summed E-state index contributed by atoms with van der Waals surface area (Å²) in [6.07, 6.45) is 0.162. The summed E-state index contributed by atoms with van der Waals surface area (Å²) in [7, 11) is 1.37. The molecule has 1 amide bonds. The third-order valence-corrected chi connectivity index (χ3v) is 3.85. The van der Waals surface area contributed by atoms with Gasteiger partial charge >= 0.3 is 5.97 Å². The first-order valence-electron chi connectivity index (χ1n) is 8.36. The Kier molecular flexibility index (Phi) is 7.64. The van der Waals surface area contributed by atoms with Crippen molar-refractivity contribution in [2.24, 2.45) is 0 Å². The number of carbonyl (C=O) groups is 2. The van der Waals surface area contributed by atoms with Gasteiger partial charge in [0.2, 0.25) is 0 Å². The van der Waals surface area contributed by atoms with Crippen molar-refractivity contribution in [3.8, 4) is 5.75 Å². The highest BCUT2D eigenvalue weighted by Gasteiger charge is 2.16. The minimum Gasteiger partial charge on any atom is -0.484 e. The molecule has 0 saturated heterocycles. The lowest BCUT2D eigenvalue weighted by Gasteiger charge is -2.11. The summed E-state index contributed by atoms with van der Waals surface area (Å²) in [5, 5.41) is 11.8. The number of ether oxygens (including phenoxy) is 2. The summed E-state index contributed by atoms with van der Waals surface area (Å²) in [5.41, 5.74) is 1.99. The van der Waals surface area contributed by atoms with Crippen LogP contribution in [0.2, 0.25) is 0 Å². The van der Waals surface area contributed by atoms with Gasteiger partial charge in [0.15, 0.2) is 12.7 Å². The van der Waals surface area contributed by atoms with Gasteiger partial charge in [0, 0.05) is 20.1 Å². The number of hydrogen-bond donors (Lipinski definition) is 2. The van der Waals surface area contributed by atoms with Gasteiger partial charge in [-0.2, -0.15) is 0 Å². The number of methoxy groups -OCH3 is 1. The van der Waals surface area contributed by atoms with Gasteiger partial charge in [0.25, 0.3) is 5.91 Å². The van der Waals surface area contributed by atoms with E-state index in [9.17, 15) is 9.59 Å². The Bertz CT molecular complexity index is 700. The molecule has 0 aliphatic rings. The fraction of sp³-hybridized carbons (Fsp3) is 0.300. The first-order chi connectivity index (χ1) is 12.6. The Hall–Kier alpha value is -2.86. The van der Waals surface area contributed by atoms with E-state index in [1.165, 1.54) is 12.7 Å². The molecule has 26 heavy (non-hydrogen) atoms. The summed E-state index contributed by atoms with van der Waals surface area (Å²) in [6.45, 7) is 0.489. The highest BCUT2D eigenvalue weighted by molar-refractivity contribution is 5.77. The average molecular weight is 357 g/mol. The molecule has 0 unspecified atom stereocenters. The zero-order valence-electron chi connectivity index (χ0n) is 14.7. The van der Waals surface area contributed by atoms with E-state index in [2.05, 4.69) is 5.32 Å². The second-order valence-electron chi connectivity index (χ2n) is 5.78. The zero-order chi connectivity index (χ0) is 18.8. The molecule has 6 nitrogen and oxygen atoms in total. The number of rotatable bonds is 10. The van der Waals surface area contributed by atoms with Crippen LogP contribution in [0.4, 0.5) is 0 Å². The minimum atomic E-state index is -1.000. The minimum absolute atomic E-state index is 0.0655. The van der Waals surface area contributed by atoms with Gasteiger partial charge in [0.05, 0.1) is 0 Å². The van der Waals surface area contributed by atoms with Crippen LogP contribution in [0.15, 0.2) is 54.6 Å². The molecule has 0 radical (unpaired) electrons. The van der Waals surface area contributed by atoms with Crippen molar-refractivity contribution in [2.45, 2.75) is 18.9 Å². The van der Waals surface area contributed by atoms with Crippen LogP contribution in [-0.4, -0.2) is 43.3 Å². The Balaban J connectivity index is 1.71. The molecule has 2 rings (SSSR count). The summed E-state index contributed by atoms with van der Waals surface area (Å²) in [4.78, 5) is 22.8. The van der Waals surface area contributed by atoms with Crippen molar-refractivity contribution in [3.63, 3.8) is 0 Å². The predicted molar refractivity (Wildman–Crippen MR) is 97.2 cm³/mol. The average Bonchev–Trinajstić information content (AvgIpc) is 2.66. The number of carboxylic acid groups (broad SMARTS) is 1. The van der Waals surface area contributed by atoms with Crippen LogP contribution in [0.5, 0.6) is 5.75 Å². The molecule has 0 aliphatic heterocycles. The van der Waals surface area contributed by atoms with Gasteiger partial charge in [-0.15, -0.1) is 0 Å². The lowest BCUT2D eigenvalue weighted by Crippen LogP contribution is -2.30. The summed E-state index contributed by atoms with van der Waals surface area (Å²) in [6, 6.07) is 16.9. The SMILES string of the molecule is CO[C@@H](Cc1ccc(OCC(=O)NCCc2ccccc2)cc1)C(=O)O. The van der Waals surface area contributed by atoms with Crippen LogP contribution in [0.3, 0.4) is 0 Å². The smallest absolute Gasteiger partial charge is 0.333 e. The molecule has 0 aliphatic carbocycles. The van der Waals surface area contributed by atoms with Crippen LogP contribution in [0, 0.1) is 0 Å². The third kappa shape index (κ3) is 6.57. The van der Waals surface area contributed by atoms with Gasteiger partial charge in [-0.25, -0.2) is 4.79 Å². The third-order valence-electron chi connectivity index (χ3n) is 3.85. The quantitative estimate of drug-likeness (QED) is 0.680. The standard InChI is InChI=1S/C20H23NO5/c1-25-18(20(23)24)13-16-7-9-17(10-8-16)26-14-19(22)21-12-11-15-5-3-2-4-6-15/h2-10,18H,11-14H2,1H3,(H,21,22)(H,23,24)/t18-/m0/s1. The van der Waals surface area contributed by atoms with E-state index in [1.807, 2.05) is 30.3 Å². The van der Waals surface area contributed by atoms with Gasteiger partial charge in [-0.1, -0.05) is 42.5 Å². The van der Waals surface area contributed by atoms with E-state index < -0.39 is 12.1 Å². The van der Waals surface area contributed by atoms with E-state index in [1.54, 1.807) is 24.3 Å². The normalized spacial score (nSPS) is 11.6. The number of hydrogen-bond acceptors (Lipinski definition) is 4. The maximum Gasteiger partial charge on any atom is 0.333 e. The second-order valence-corrected chi connectivity index (χ2v) is 5.78. The van der Waals surface area contributed by atoms with Crippen molar-refractivity contribution in [2.75, 3.05) is 20.3 Å². The number of benzene rings is 2. The van der Waals surface area contributed by atoms with E-state index in [4.69, 9.17) is 14.6 Å². The van der Waals surface area contributed by atoms with Crippen LogP contribution in [-0.2, 0) is 27.2 Å². The molecule has 138 valence electrons. The Morgan fingerprint density at radius 2 is 1.73 bits per heavy atom. The van der Waals surface area contributed by atoms with E-state index in [-0.39, 0.29) is 18.9 Å². The molecule has 2 aromatic carbocycles. The monoisotopic (exact) mass is 357 g/mol. The van der Waals surface area contributed by atoms with Crippen molar-refractivity contribution in [1.29, 1.82) is 0 Å². The molecule has 2 aromatic rings. The van der Waals surface area contributed by atoms with E-state index in [0.717, 1.165) is 12.0 Å². The molecule has 0 bridgehead atoms. The van der Waals surface area contributed by atoms with Crippen molar-refractivity contribution in [3.05, 3.63) is 65.7 Å². The highest BCUT2D eigenvalue weighted by Crippen LogP contribution is 2.14. The summed E-state index contributed by atoms with van der Waals surface area (Å²) in [5.74, 6) is -0.633. The van der Waals surface area contributed by atoms with Crippen molar-refractivity contribution in [1.82, 2.24) is 5.32 Å². The van der Waals surface area contributed by atoms with Crippen LogP contribution in [0.25, 0.3) is 0 Å². The highest BCUT2D eigenvalue weighted by atomic mass is 16.5. The molecule has 0 spiro atoms. The van der Waals surface area contributed by atoms with Gasteiger partial charge in [-0.3, -0.25) is 4.79 Å². The Morgan fingerprint density at radius 1 is 1.04 bits per heavy atom. The maximum absolute atomic E-state index is 11.8. The predicted octanol–water partition coefficient (Wildman–Crippen LogP) is 2.07. The fourth-order valence-electron chi connectivity index (χ4n) is 2.40. The number of nitrogens with one attached hydrogen (secondary N) is 1. The lowest BCUT2D eigenvalue weighted by atomic mass is 10.1. The van der Waals surface area contributed by atoms with Crippen molar-refractivity contribution >= 4 is 11.9 Å². The molecule has 1 atom stereocenters. The van der Waals surface area contributed by atoms with E-state index >= 15 is 0 Å². The van der Waals surface area contributed by atoms with Crippen LogP contribution < -0.4 is 10.1 Å². The maximum atomic E-state index is 11.8. The van der Waals surface area contributed by atoms with Gasteiger partial charge < -0.3 is 19.9 Å². The molecule has 0 aromatic heterocycles. The number of carboxylic acids is 1.